The van der Waals surface area contributed by atoms with Crippen LogP contribution in [0.25, 0.3) is 0 Å². The smallest absolute Gasteiger partial charge is 0.255 e. The van der Waals surface area contributed by atoms with Crippen LogP contribution in [-0.2, 0) is 6.54 Å². The molecule has 1 atom stereocenters. The molecule has 1 saturated heterocycles. The Hall–Kier alpha value is -2.04. The fourth-order valence-corrected chi connectivity index (χ4v) is 3.96. The van der Waals surface area contributed by atoms with Gasteiger partial charge < -0.3 is 9.47 Å². The quantitative estimate of drug-likeness (QED) is 0.871. The minimum absolute atomic E-state index is 0.194. The summed E-state index contributed by atoms with van der Waals surface area (Å²) in [7, 11) is 0. The number of aryl methyl sites for hydroxylation is 1. The van der Waals surface area contributed by atoms with Gasteiger partial charge in [0.2, 0.25) is 0 Å². The summed E-state index contributed by atoms with van der Waals surface area (Å²) in [5.74, 6) is 0.194. The molecule has 0 unspecified atom stereocenters. The monoisotopic (exact) mass is 312 g/mol. The lowest BCUT2D eigenvalue weighted by molar-refractivity contribution is 0.0721. The Morgan fingerprint density at radius 1 is 1.30 bits per heavy atom. The van der Waals surface area contributed by atoms with Gasteiger partial charge in [0.05, 0.1) is 18.2 Å². The molecule has 0 spiro atoms. The number of hydrogen-bond donors (Lipinski definition) is 0. The zero-order chi connectivity index (χ0) is 16.0. The molecule has 2 aromatic rings. The van der Waals surface area contributed by atoms with Crippen LogP contribution in [0.4, 0.5) is 0 Å². The van der Waals surface area contributed by atoms with E-state index in [2.05, 4.69) is 34.5 Å². The highest BCUT2D eigenvalue weighted by molar-refractivity contribution is 5.96. The van der Waals surface area contributed by atoms with E-state index in [1.807, 2.05) is 16.9 Å². The van der Waals surface area contributed by atoms with Gasteiger partial charge in [0.1, 0.15) is 0 Å². The number of nitrogens with zero attached hydrogens (tertiary/aromatic N) is 4. The summed E-state index contributed by atoms with van der Waals surface area (Å²) in [5, 5.41) is 4.29. The van der Waals surface area contributed by atoms with Crippen molar-refractivity contribution in [1.29, 1.82) is 0 Å². The number of aromatic nitrogens is 3. The van der Waals surface area contributed by atoms with E-state index in [9.17, 15) is 4.79 Å². The maximum Gasteiger partial charge on any atom is 0.255 e. The van der Waals surface area contributed by atoms with Crippen LogP contribution >= 0.6 is 0 Å². The average molecular weight is 312 g/mol. The van der Waals surface area contributed by atoms with Crippen LogP contribution < -0.4 is 0 Å². The van der Waals surface area contributed by atoms with Crippen molar-refractivity contribution >= 4 is 5.91 Å². The van der Waals surface area contributed by atoms with Crippen LogP contribution in [0.5, 0.6) is 0 Å². The molecule has 1 aliphatic carbocycles. The van der Waals surface area contributed by atoms with Crippen LogP contribution in [0.3, 0.4) is 0 Å². The molecule has 5 heteroatoms. The Kier molecular flexibility index (Phi) is 3.51. The van der Waals surface area contributed by atoms with E-state index in [0.29, 0.717) is 6.04 Å². The molecule has 0 bridgehead atoms. The lowest BCUT2D eigenvalue weighted by atomic mass is 10.1. The van der Waals surface area contributed by atoms with Crippen LogP contribution in [0, 0.1) is 13.8 Å². The zero-order valence-corrected chi connectivity index (χ0v) is 13.9. The SMILES string of the molecule is Cc1cc(C(=O)N2CCC[C@H]2Cn2cccn2)c(C)n1C1CC1. The van der Waals surface area contributed by atoms with E-state index in [4.69, 9.17) is 0 Å². The number of carbonyl (C=O) groups excluding carboxylic acids is 1. The second-order valence-corrected chi connectivity index (χ2v) is 6.91. The summed E-state index contributed by atoms with van der Waals surface area (Å²) in [6.45, 7) is 5.86. The van der Waals surface area contributed by atoms with Gasteiger partial charge in [-0.15, -0.1) is 0 Å². The van der Waals surface area contributed by atoms with Gasteiger partial charge in [-0.3, -0.25) is 9.48 Å². The van der Waals surface area contributed by atoms with Gasteiger partial charge in [0.25, 0.3) is 5.91 Å². The fourth-order valence-electron chi connectivity index (χ4n) is 3.96. The molecule has 3 heterocycles. The molecule has 122 valence electrons. The minimum atomic E-state index is 0.194. The van der Waals surface area contributed by atoms with Gasteiger partial charge in [-0.1, -0.05) is 0 Å². The van der Waals surface area contributed by atoms with E-state index >= 15 is 0 Å². The van der Waals surface area contributed by atoms with Crippen molar-refractivity contribution in [2.24, 2.45) is 0 Å². The van der Waals surface area contributed by atoms with Crippen LogP contribution in [0.15, 0.2) is 24.5 Å². The predicted molar refractivity (Wildman–Crippen MR) is 88.5 cm³/mol. The maximum atomic E-state index is 13.1. The highest BCUT2D eigenvalue weighted by Gasteiger charge is 2.33. The third kappa shape index (κ3) is 2.58. The summed E-state index contributed by atoms with van der Waals surface area (Å²) in [6, 6.07) is 4.89. The highest BCUT2D eigenvalue weighted by Crippen LogP contribution is 2.38. The van der Waals surface area contributed by atoms with Crippen molar-refractivity contribution in [2.45, 2.75) is 58.2 Å². The lowest BCUT2D eigenvalue weighted by Crippen LogP contribution is -2.38. The second kappa shape index (κ2) is 5.55. The highest BCUT2D eigenvalue weighted by atomic mass is 16.2. The Labute approximate surface area is 136 Å². The van der Waals surface area contributed by atoms with Gasteiger partial charge in [0, 0.05) is 36.4 Å². The van der Waals surface area contributed by atoms with Crippen molar-refractivity contribution in [3.8, 4) is 0 Å². The first-order valence-corrected chi connectivity index (χ1v) is 8.62. The largest absolute Gasteiger partial charge is 0.345 e. The fraction of sp³-hybridized carbons (Fsp3) is 0.556. The van der Waals surface area contributed by atoms with E-state index < -0.39 is 0 Å². The Balaban J connectivity index is 1.57. The molecule has 1 amide bonds. The van der Waals surface area contributed by atoms with Gasteiger partial charge >= 0.3 is 0 Å². The molecule has 0 radical (unpaired) electrons. The summed E-state index contributed by atoms with van der Waals surface area (Å²) >= 11 is 0. The predicted octanol–water partition coefficient (Wildman–Crippen LogP) is 2.94. The molecular weight excluding hydrogens is 288 g/mol. The van der Waals surface area contributed by atoms with Crippen molar-refractivity contribution in [1.82, 2.24) is 19.2 Å². The summed E-state index contributed by atoms with van der Waals surface area (Å²) in [4.78, 5) is 15.2. The van der Waals surface area contributed by atoms with Gasteiger partial charge in [-0.05, 0) is 51.7 Å². The van der Waals surface area contributed by atoms with Crippen LogP contribution in [0.2, 0.25) is 0 Å². The molecule has 4 rings (SSSR count). The first-order chi connectivity index (χ1) is 11.1. The normalized spacial score (nSPS) is 21.1. The van der Waals surface area contributed by atoms with Crippen molar-refractivity contribution in [3.05, 3.63) is 41.5 Å². The first kappa shape index (κ1) is 14.5. The molecule has 2 aliphatic rings. The zero-order valence-electron chi connectivity index (χ0n) is 13.9. The van der Waals surface area contributed by atoms with Crippen molar-refractivity contribution in [2.75, 3.05) is 6.54 Å². The van der Waals surface area contributed by atoms with E-state index in [1.54, 1.807) is 6.20 Å². The minimum Gasteiger partial charge on any atom is -0.345 e. The Morgan fingerprint density at radius 2 is 2.13 bits per heavy atom. The molecule has 0 N–H and O–H groups in total. The van der Waals surface area contributed by atoms with Gasteiger partial charge in [-0.2, -0.15) is 5.10 Å². The molecule has 5 nitrogen and oxygen atoms in total. The van der Waals surface area contributed by atoms with E-state index in [1.165, 1.54) is 18.5 Å². The lowest BCUT2D eigenvalue weighted by Gasteiger charge is -2.25. The van der Waals surface area contributed by atoms with Crippen molar-refractivity contribution < 1.29 is 4.79 Å². The number of carbonyl (C=O) groups is 1. The van der Waals surface area contributed by atoms with Gasteiger partial charge in [0.15, 0.2) is 0 Å². The Morgan fingerprint density at radius 3 is 2.83 bits per heavy atom. The number of hydrogen-bond acceptors (Lipinski definition) is 2. The van der Waals surface area contributed by atoms with Crippen LogP contribution in [-0.4, -0.2) is 37.7 Å². The van der Waals surface area contributed by atoms with E-state index in [-0.39, 0.29) is 11.9 Å². The van der Waals surface area contributed by atoms with Crippen LogP contribution in [0.1, 0.15) is 53.5 Å². The standard InChI is InChI=1S/C18H24N4O/c1-13-11-17(14(2)22(13)15-6-7-15)18(23)21-10-3-5-16(21)12-20-9-4-8-19-20/h4,8-9,11,15-16H,3,5-7,10,12H2,1-2H3/t16-/m0/s1. The summed E-state index contributed by atoms with van der Waals surface area (Å²) in [5.41, 5.74) is 3.25. The maximum absolute atomic E-state index is 13.1. The molecule has 0 aromatic carbocycles. The van der Waals surface area contributed by atoms with Gasteiger partial charge in [-0.25, -0.2) is 0 Å². The number of rotatable bonds is 4. The number of likely N-dealkylation sites (tertiary alicyclic amines) is 1. The van der Waals surface area contributed by atoms with E-state index in [0.717, 1.165) is 37.2 Å². The third-order valence-corrected chi connectivity index (χ3v) is 5.22. The second-order valence-electron chi connectivity index (χ2n) is 6.91. The Bertz CT molecular complexity index is 712. The molecule has 23 heavy (non-hydrogen) atoms. The average Bonchev–Trinajstić information content (AvgIpc) is 2.96. The molecule has 1 saturated carbocycles. The topological polar surface area (TPSA) is 43.1 Å². The molecular formula is C18H24N4O. The first-order valence-electron chi connectivity index (χ1n) is 8.62. The summed E-state index contributed by atoms with van der Waals surface area (Å²) in [6.07, 6.45) is 8.40. The molecule has 2 fully saturated rings. The molecule has 2 aromatic heterocycles. The molecule has 1 aliphatic heterocycles. The number of amides is 1. The summed E-state index contributed by atoms with van der Waals surface area (Å²) < 4.78 is 4.29. The van der Waals surface area contributed by atoms with Crippen molar-refractivity contribution in [3.63, 3.8) is 0 Å². The third-order valence-electron chi connectivity index (χ3n) is 5.22.